The van der Waals surface area contributed by atoms with Crippen molar-refractivity contribution in [1.82, 2.24) is 0 Å². The van der Waals surface area contributed by atoms with E-state index in [9.17, 15) is 32.9 Å². The normalized spacial score (nSPS) is 14.0. The Hall–Kier alpha value is -2.95. The molecule has 0 saturated heterocycles. The number of hydrogen-bond donors (Lipinski definition) is 1. The van der Waals surface area contributed by atoms with E-state index >= 15 is 0 Å². The van der Waals surface area contributed by atoms with Gasteiger partial charge in [0.1, 0.15) is 0 Å². The molecule has 0 amide bonds. The van der Waals surface area contributed by atoms with Crippen LogP contribution in [0, 0.1) is 16.0 Å². The van der Waals surface area contributed by atoms with Gasteiger partial charge in [-0.2, -0.15) is 13.2 Å². The van der Waals surface area contributed by atoms with Crippen LogP contribution in [0.1, 0.15) is 19.4 Å². The van der Waals surface area contributed by atoms with Gasteiger partial charge in [-0.3, -0.25) is 19.7 Å². The number of halogens is 3. The summed E-state index contributed by atoms with van der Waals surface area (Å²) in [6.07, 6.45) is -3.87. The number of alkyl halides is 3. The maximum atomic E-state index is 13.7. The molecule has 0 aliphatic heterocycles. The SMILES string of the molecule is CCOC(=O)C(C(=O)OCC)C(N)(/C=C/c1ccc([N+](=O)[O-])cc1)C(F)(F)F. The third-order valence-corrected chi connectivity index (χ3v) is 3.67. The zero-order valence-corrected chi connectivity index (χ0v) is 15.1. The minimum absolute atomic E-state index is 0.135. The standard InChI is InChI=1S/C17H19F3N2O6/c1-3-27-14(23)13(15(24)28-4-2)16(21,17(18,19)20)10-9-11-5-7-12(8-6-11)22(25)26/h5-10,13H,3-4,21H2,1-2H3/b10-9+. The fourth-order valence-corrected chi connectivity index (χ4v) is 2.23. The highest BCUT2D eigenvalue weighted by molar-refractivity contribution is 5.97. The quantitative estimate of drug-likeness (QED) is 0.306. The summed E-state index contributed by atoms with van der Waals surface area (Å²) in [7, 11) is 0. The van der Waals surface area contributed by atoms with Crippen LogP contribution < -0.4 is 5.73 Å². The molecular formula is C17H19F3N2O6. The number of esters is 2. The Kier molecular flexibility index (Phi) is 7.68. The third-order valence-electron chi connectivity index (χ3n) is 3.67. The Morgan fingerprint density at radius 2 is 1.61 bits per heavy atom. The van der Waals surface area contributed by atoms with Crippen molar-refractivity contribution < 1.29 is 37.2 Å². The van der Waals surface area contributed by atoms with E-state index in [1.165, 1.54) is 26.0 Å². The molecule has 1 rings (SSSR count). The number of hydrogen-bond acceptors (Lipinski definition) is 7. The van der Waals surface area contributed by atoms with Crippen LogP contribution in [0.2, 0.25) is 0 Å². The van der Waals surface area contributed by atoms with E-state index in [1.54, 1.807) is 0 Å². The number of ether oxygens (including phenoxy) is 2. The molecular weight excluding hydrogens is 385 g/mol. The summed E-state index contributed by atoms with van der Waals surface area (Å²) in [5, 5.41) is 10.6. The van der Waals surface area contributed by atoms with Crippen LogP contribution in [0.4, 0.5) is 18.9 Å². The van der Waals surface area contributed by atoms with Crippen LogP contribution in [0.25, 0.3) is 6.08 Å². The zero-order valence-electron chi connectivity index (χ0n) is 15.1. The van der Waals surface area contributed by atoms with Gasteiger partial charge in [0.2, 0.25) is 0 Å². The molecule has 28 heavy (non-hydrogen) atoms. The largest absolute Gasteiger partial charge is 0.465 e. The highest BCUT2D eigenvalue weighted by Crippen LogP contribution is 2.37. The van der Waals surface area contributed by atoms with Crippen molar-refractivity contribution in [3.63, 3.8) is 0 Å². The molecule has 0 radical (unpaired) electrons. The fourth-order valence-electron chi connectivity index (χ4n) is 2.23. The second kappa shape index (κ2) is 9.31. The molecule has 0 spiro atoms. The summed E-state index contributed by atoms with van der Waals surface area (Å²) < 4.78 is 50.4. The fraction of sp³-hybridized carbons (Fsp3) is 0.412. The van der Waals surface area contributed by atoms with Gasteiger partial charge in [-0.25, -0.2) is 0 Å². The molecule has 0 saturated carbocycles. The van der Waals surface area contributed by atoms with Crippen LogP contribution >= 0.6 is 0 Å². The first-order valence-corrected chi connectivity index (χ1v) is 8.10. The molecule has 0 aliphatic carbocycles. The van der Waals surface area contributed by atoms with Gasteiger partial charge in [-0.1, -0.05) is 12.2 Å². The molecule has 0 aromatic heterocycles. The molecule has 1 atom stereocenters. The average molecular weight is 404 g/mol. The third kappa shape index (κ3) is 5.28. The Bertz CT molecular complexity index is 730. The molecule has 1 aromatic rings. The predicted octanol–water partition coefficient (Wildman–Crippen LogP) is 2.61. The number of carbonyl (C=O) groups is 2. The van der Waals surface area contributed by atoms with Gasteiger partial charge in [-0.15, -0.1) is 0 Å². The first kappa shape index (κ1) is 23.1. The van der Waals surface area contributed by atoms with E-state index in [-0.39, 0.29) is 24.5 Å². The molecule has 0 bridgehead atoms. The average Bonchev–Trinajstić information content (AvgIpc) is 2.60. The van der Waals surface area contributed by atoms with Gasteiger partial charge in [0.25, 0.3) is 5.69 Å². The van der Waals surface area contributed by atoms with Gasteiger partial charge < -0.3 is 15.2 Å². The number of nitrogens with two attached hydrogens (primary N) is 1. The van der Waals surface area contributed by atoms with E-state index in [2.05, 4.69) is 9.47 Å². The van der Waals surface area contributed by atoms with Crippen molar-refractivity contribution in [2.24, 2.45) is 11.7 Å². The number of non-ortho nitro benzene ring substituents is 1. The summed E-state index contributed by atoms with van der Waals surface area (Å²) >= 11 is 0. The second-order valence-electron chi connectivity index (χ2n) is 5.55. The molecule has 0 fully saturated rings. The van der Waals surface area contributed by atoms with E-state index in [0.717, 1.165) is 18.2 Å². The van der Waals surface area contributed by atoms with Crippen molar-refractivity contribution in [2.75, 3.05) is 13.2 Å². The lowest BCUT2D eigenvalue weighted by Crippen LogP contribution is -2.62. The summed E-state index contributed by atoms with van der Waals surface area (Å²) in [5.41, 5.74) is 1.94. The molecule has 8 nitrogen and oxygen atoms in total. The Balaban J connectivity index is 3.39. The minimum atomic E-state index is -5.21. The Morgan fingerprint density at radius 3 is 1.96 bits per heavy atom. The number of carbonyl (C=O) groups excluding carboxylic acids is 2. The predicted molar refractivity (Wildman–Crippen MR) is 91.9 cm³/mol. The summed E-state index contributed by atoms with van der Waals surface area (Å²) in [6.45, 7) is 2.18. The highest BCUT2D eigenvalue weighted by Gasteiger charge is 2.61. The number of nitro groups is 1. The lowest BCUT2D eigenvalue weighted by Gasteiger charge is -2.33. The number of rotatable bonds is 8. The second-order valence-corrected chi connectivity index (χ2v) is 5.55. The van der Waals surface area contributed by atoms with Crippen LogP contribution in [-0.4, -0.2) is 41.8 Å². The maximum absolute atomic E-state index is 13.7. The number of nitrogens with zero attached hydrogens (tertiary/aromatic N) is 1. The minimum Gasteiger partial charge on any atom is -0.465 e. The van der Waals surface area contributed by atoms with Gasteiger partial charge >= 0.3 is 18.1 Å². The monoisotopic (exact) mass is 404 g/mol. The Labute approximate surface area is 158 Å². The van der Waals surface area contributed by atoms with Crippen molar-refractivity contribution in [3.05, 3.63) is 46.0 Å². The van der Waals surface area contributed by atoms with Crippen LogP contribution in [0.15, 0.2) is 30.3 Å². The van der Waals surface area contributed by atoms with Crippen LogP contribution in [-0.2, 0) is 19.1 Å². The van der Waals surface area contributed by atoms with E-state index in [0.29, 0.717) is 6.08 Å². The number of nitro benzene ring substituents is 1. The van der Waals surface area contributed by atoms with Crippen molar-refractivity contribution >= 4 is 23.7 Å². The van der Waals surface area contributed by atoms with Crippen LogP contribution in [0.5, 0.6) is 0 Å². The first-order chi connectivity index (χ1) is 13.0. The van der Waals surface area contributed by atoms with Gasteiger partial charge in [-0.05, 0) is 31.5 Å². The summed E-state index contributed by atoms with van der Waals surface area (Å²) in [5.74, 6) is -5.44. The van der Waals surface area contributed by atoms with Gasteiger partial charge in [0, 0.05) is 12.1 Å². The van der Waals surface area contributed by atoms with Crippen molar-refractivity contribution in [1.29, 1.82) is 0 Å². The lowest BCUT2D eigenvalue weighted by molar-refractivity contribution is -0.384. The summed E-state index contributed by atoms with van der Waals surface area (Å²) in [4.78, 5) is 34.1. The smallest absolute Gasteiger partial charge is 0.411 e. The molecule has 1 aromatic carbocycles. The molecule has 154 valence electrons. The van der Waals surface area contributed by atoms with Gasteiger partial charge in [0.05, 0.1) is 18.1 Å². The molecule has 0 heterocycles. The molecule has 1 unspecified atom stereocenters. The zero-order chi connectivity index (χ0) is 21.5. The molecule has 2 N–H and O–H groups in total. The Morgan fingerprint density at radius 1 is 1.14 bits per heavy atom. The van der Waals surface area contributed by atoms with Crippen molar-refractivity contribution in [2.45, 2.75) is 25.6 Å². The number of benzene rings is 1. The first-order valence-electron chi connectivity index (χ1n) is 8.10. The van der Waals surface area contributed by atoms with E-state index < -0.39 is 34.5 Å². The lowest BCUT2D eigenvalue weighted by atomic mass is 9.83. The highest BCUT2D eigenvalue weighted by atomic mass is 19.4. The van der Waals surface area contributed by atoms with Crippen molar-refractivity contribution in [3.8, 4) is 0 Å². The summed E-state index contributed by atoms with van der Waals surface area (Å²) in [6, 6.07) is 4.55. The van der Waals surface area contributed by atoms with E-state index in [1.807, 2.05) is 0 Å². The molecule has 0 aliphatic rings. The van der Waals surface area contributed by atoms with E-state index in [4.69, 9.17) is 5.73 Å². The van der Waals surface area contributed by atoms with Gasteiger partial charge in [0.15, 0.2) is 11.5 Å². The van der Waals surface area contributed by atoms with Crippen LogP contribution in [0.3, 0.4) is 0 Å². The topological polar surface area (TPSA) is 122 Å². The molecule has 11 heteroatoms. The maximum Gasteiger partial charge on any atom is 0.411 e.